The average Bonchev–Trinajstić information content (AvgIpc) is 3.51. The summed E-state index contributed by atoms with van der Waals surface area (Å²) < 4.78 is 41.7. The van der Waals surface area contributed by atoms with Gasteiger partial charge in [0.15, 0.2) is 5.78 Å². The van der Waals surface area contributed by atoms with E-state index in [4.69, 9.17) is 10.4 Å². The Morgan fingerprint density at radius 2 is 1.69 bits per heavy atom. The Labute approximate surface area is 260 Å². The maximum absolute atomic E-state index is 13.9. The monoisotopic (exact) mass is 628 g/mol. The van der Waals surface area contributed by atoms with Crippen LogP contribution in [0.3, 0.4) is 0 Å². The Morgan fingerprint density at radius 3 is 2.36 bits per heavy atom. The fourth-order valence-corrected chi connectivity index (χ4v) is 6.01. The van der Waals surface area contributed by atoms with Crippen molar-refractivity contribution in [2.24, 2.45) is 5.92 Å². The number of carbonyl (C=O) groups is 3. The molecule has 0 aliphatic carbocycles. The van der Waals surface area contributed by atoms with Crippen LogP contribution in [0.2, 0.25) is 0 Å². The summed E-state index contributed by atoms with van der Waals surface area (Å²) >= 11 is 0. The fourth-order valence-electron chi connectivity index (χ4n) is 6.01. The zero-order chi connectivity index (χ0) is 32.4. The number of nitriles is 1. The van der Waals surface area contributed by atoms with Crippen LogP contribution in [0, 0.1) is 17.2 Å². The summed E-state index contributed by atoms with van der Waals surface area (Å²) in [4.78, 5) is 47.0. The number of nitrogens with zero attached hydrogens (tertiary/aromatic N) is 5. The second kappa shape index (κ2) is 15.7. The number of Topliss-reactive ketones (excluding diaryl/α,β-unsaturated/α-hetero) is 1. The predicted octanol–water partition coefficient (Wildman–Crippen LogP) is 4.91. The number of halogens is 3. The number of nitrogens with one attached hydrogen (secondary N) is 1. The molecule has 0 radical (unpaired) electrons. The summed E-state index contributed by atoms with van der Waals surface area (Å²) in [6, 6.07) is 10.3. The first kappa shape index (κ1) is 33.7. The highest BCUT2D eigenvalue weighted by Crippen LogP contribution is 2.34. The minimum Gasteiger partial charge on any atom is -0.481 e. The van der Waals surface area contributed by atoms with E-state index in [-0.39, 0.29) is 36.3 Å². The van der Waals surface area contributed by atoms with Crippen molar-refractivity contribution in [2.75, 3.05) is 36.0 Å². The highest BCUT2D eigenvalue weighted by molar-refractivity contribution is 5.87. The molecular weight excluding hydrogens is 589 g/mol. The Morgan fingerprint density at radius 1 is 0.978 bits per heavy atom. The molecule has 2 saturated heterocycles. The van der Waals surface area contributed by atoms with Gasteiger partial charge in [-0.2, -0.15) is 18.4 Å². The first-order valence-corrected chi connectivity index (χ1v) is 15.5. The van der Waals surface area contributed by atoms with Crippen LogP contribution in [-0.2, 0) is 27.0 Å². The molecule has 1 aromatic heterocycles. The van der Waals surface area contributed by atoms with E-state index < -0.39 is 24.0 Å². The summed E-state index contributed by atoms with van der Waals surface area (Å²) in [6.45, 7) is 1.56. The number of amides is 1. The number of rotatable bonds is 14. The fraction of sp³-hybridized carbons (Fsp3) is 0.562. The van der Waals surface area contributed by atoms with E-state index in [1.165, 1.54) is 0 Å². The molecule has 45 heavy (non-hydrogen) atoms. The van der Waals surface area contributed by atoms with Crippen LogP contribution < -0.4 is 15.1 Å². The van der Waals surface area contributed by atoms with Gasteiger partial charge in [-0.25, -0.2) is 9.97 Å². The Kier molecular flexibility index (Phi) is 11.7. The van der Waals surface area contributed by atoms with E-state index in [9.17, 15) is 27.6 Å². The molecule has 2 aliphatic rings. The van der Waals surface area contributed by atoms with Gasteiger partial charge in [0.05, 0.1) is 24.1 Å². The van der Waals surface area contributed by atoms with E-state index in [2.05, 4.69) is 21.4 Å². The number of benzene rings is 1. The SMILES string of the molecule is N#Cc1ccc(CCCC(=O)[C@@H]2CCCN2c2cc(N3CCC(CCCC(=O)NCCC(=O)O)CC3)nc(C(F)(F)F)n2)cc1. The zero-order valence-corrected chi connectivity index (χ0v) is 25.2. The van der Waals surface area contributed by atoms with Gasteiger partial charge < -0.3 is 20.2 Å². The molecule has 0 bridgehead atoms. The number of piperidine rings is 1. The van der Waals surface area contributed by atoms with Crippen molar-refractivity contribution >= 4 is 29.3 Å². The first-order chi connectivity index (χ1) is 21.5. The number of carboxylic acids is 1. The number of hydrogen-bond acceptors (Lipinski definition) is 8. The van der Waals surface area contributed by atoms with Crippen molar-refractivity contribution in [3.8, 4) is 6.07 Å². The van der Waals surface area contributed by atoms with Gasteiger partial charge in [0.2, 0.25) is 11.7 Å². The lowest BCUT2D eigenvalue weighted by atomic mass is 9.91. The van der Waals surface area contributed by atoms with E-state index in [1.807, 2.05) is 17.0 Å². The van der Waals surface area contributed by atoms with Crippen LogP contribution in [0.5, 0.6) is 0 Å². The maximum Gasteiger partial charge on any atom is 0.451 e. The van der Waals surface area contributed by atoms with Gasteiger partial charge in [0.25, 0.3) is 0 Å². The second-order valence-corrected chi connectivity index (χ2v) is 11.7. The number of anilines is 2. The molecule has 3 heterocycles. The number of aryl methyl sites for hydroxylation is 1. The molecule has 1 amide bonds. The van der Waals surface area contributed by atoms with Crippen LogP contribution in [0.4, 0.5) is 24.8 Å². The van der Waals surface area contributed by atoms with Crippen molar-refractivity contribution < 1.29 is 32.7 Å². The third-order valence-corrected chi connectivity index (χ3v) is 8.46. The average molecular weight is 629 g/mol. The number of aliphatic carboxylic acids is 1. The van der Waals surface area contributed by atoms with Gasteiger partial charge in [0.1, 0.15) is 11.6 Å². The summed E-state index contributed by atoms with van der Waals surface area (Å²) in [5.41, 5.74) is 1.58. The molecule has 242 valence electrons. The number of hydrogen-bond donors (Lipinski definition) is 2. The predicted molar refractivity (Wildman–Crippen MR) is 161 cm³/mol. The number of carboxylic acid groups (broad SMARTS) is 1. The Hall–Kier alpha value is -4.21. The van der Waals surface area contributed by atoms with E-state index in [1.54, 1.807) is 23.1 Å². The van der Waals surface area contributed by atoms with E-state index in [0.717, 1.165) is 24.8 Å². The smallest absolute Gasteiger partial charge is 0.451 e. The lowest BCUT2D eigenvalue weighted by molar-refractivity contribution is -0.145. The molecule has 2 fully saturated rings. The summed E-state index contributed by atoms with van der Waals surface area (Å²) in [7, 11) is 0. The molecule has 13 heteroatoms. The van der Waals surface area contributed by atoms with Crippen LogP contribution in [-0.4, -0.2) is 65.0 Å². The largest absolute Gasteiger partial charge is 0.481 e. The zero-order valence-electron chi connectivity index (χ0n) is 25.2. The maximum atomic E-state index is 13.9. The molecule has 0 saturated carbocycles. The standard InChI is InChI=1S/C32H39F3N6O4/c33-32(34,35)31-38-27(40-18-14-23(15-19-40)5-2-8-29(43)37-16-13-30(44)45)20-28(39-31)41-17-3-6-25(41)26(42)7-1-4-22-9-11-24(21-36)12-10-22/h9-12,20,23,25H,1-8,13-19H2,(H,37,43)(H,44,45)/t25-/m0/s1. The third-order valence-electron chi connectivity index (χ3n) is 8.46. The molecule has 1 aromatic carbocycles. The minimum absolute atomic E-state index is 0.0220. The van der Waals surface area contributed by atoms with Crippen LogP contribution in [0.15, 0.2) is 30.3 Å². The van der Waals surface area contributed by atoms with Gasteiger partial charge in [-0.1, -0.05) is 12.1 Å². The molecule has 2 aromatic rings. The lowest BCUT2D eigenvalue weighted by Gasteiger charge is -2.34. The molecule has 2 N–H and O–H groups in total. The normalized spacial score (nSPS) is 17.2. The number of ketones is 1. The molecule has 4 rings (SSSR count). The van der Waals surface area contributed by atoms with Gasteiger partial charge in [0, 0.05) is 45.1 Å². The lowest BCUT2D eigenvalue weighted by Crippen LogP contribution is -2.38. The van der Waals surface area contributed by atoms with Crippen molar-refractivity contribution in [1.29, 1.82) is 5.26 Å². The number of aromatic nitrogens is 2. The topological polar surface area (TPSA) is 140 Å². The third kappa shape index (κ3) is 9.89. The number of alkyl halides is 3. The quantitative estimate of drug-likeness (QED) is 0.299. The van der Waals surface area contributed by atoms with Crippen molar-refractivity contribution in [2.45, 2.75) is 82.8 Å². The van der Waals surface area contributed by atoms with Crippen molar-refractivity contribution in [3.05, 3.63) is 47.3 Å². The molecule has 1 atom stereocenters. The second-order valence-electron chi connectivity index (χ2n) is 11.7. The van der Waals surface area contributed by atoms with E-state index in [0.29, 0.717) is 76.1 Å². The van der Waals surface area contributed by atoms with Crippen molar-refractivity contribution in [1.82, 2.24) is 15.3 Å². The highest BCUT2D eigenvalue weighted by Gasteiger charge is 2.38. The molecular formula is C32H39F3N6O4. The van der Waals surface area contributed by atoms with Gasteiger partial charge in [-0.3, -0.25) is 14.4 Å². The first-order valence-electron chi connectivity index (χ1n) is 15.5. The van der Waals surface area contributed by atoms with Crippen LogP contribution >= 0.6 is 0 Å². The summed E-state index contributed by atoms with van der Waals surface area (Å²) in [5.74, 6) is -1.76. The van der Waals surface area contributed by atoms with Gasteiger partial charge >= 0.3 is 12.1 Å². The Balaban J connectivity index is 1.34. The van der Waals surface area contributed by atoms with Gasteiger partial charge in [-0.15, -0.1) is 0 Å². The molecule has 0 spiro atoms. The highest BCUT2D eigenvalue weighted by atomic mass is 19.4. The van der Waals surface area contributed by atoms with Crippen LogP contribution in [0.1, 0.15) is 81.2 Å². The molecule has 10 nitrogen and oxygen atoms in total. The summed E-state index contributed by atoms with van der Waals surface area (Å²) in [5, 5.41) is 20.2. The minimum atomic E-state index is -4.74. The van der Waals surface area contributed by atoms with Crippen molar-refractivity contribution in [3.63, 3.8) is 0 Å². The Bertz CT molecular complexity index is 1370. The molecule has 2 aliphatic heterocycles. The number of carbonyl (C=O) groups excluding carboxylic acids is 2. The van der Waals surface area contributed by atoms with Crippen LogP contribution in [0.25, 0.3) is 0 Å². The van der Waals surface area contributed by atoms with E-state index >= 15 is 0 Å². The molecule has 0 unspecified atom stereocenters. The summed E-state index contributed by atoms with van der Waals surface area (Å²) in [6.07, 6.45) is 1.15. The van der Waals surface area contributed by atoms with Gasteiger partial charge in [-0.05, 0) is 75.0 Å².